The number of H-pyrrole nitrogens is 1. The molecule has 8 heteroatoms. The first-order valence-electron chi connectivity index (χ1n) is 7.35. The largest absolute Gasteiger partial charge is 0.421 e. The molecule has 0 saturated carbocycles. The Morgan fingerprint density at radius 1 is 1.04 bits per heavy atom. The maximum Gasteiger partial charge on any atom is 0.324 e. The third-order valence-corrected chi connectivity index (χ3v) is 3.43. The molecule has 0 atom stereocenters. The Hall–Kier alpha value is -3.55. The Bertz CT molecular complexity index is 1040. The van der Waals surface area contributed by atoms with E-state index in [1.807, 2.05) is 30.3 Å². The molecule has 2 aromatic carbocycles. The van der Waals surface area contributed by atoms with Gasteiger partial charge in [-0.2, -0.15) is 10.1 Å². The Balaban J connectivity index is 1.61. The number of aromatic amines is 1. The van der Waals surface area contributed by atoms with Crippen LogP contribution < -0.4 is 10.1 Å². The topological polar surface area (TPSA) is 75.7 Å². The van der Waals surface area contributed by atoms with Gasteiger partial charge in [-0.05, 0) is 24.3 Å². The molecule has 0 aliphatic carbocycles. The molecule has 2 N–H and O–H groups in total. The van der Waals surface area contributed by atoms with Crippen LogP contribution in [0.25, 0.3) is 11.0 Å². The number of ether oxygens (including phenoxy) is 1. The first-order valence-corrected chi connectivity index (χ1v) is 7.35. The van der Waals surface area contributed by atoms with E-state index in [9.17, 15) is 8.78 Å². The van der Waals surface area contributed by atoms with Gasteiger partial charge in [0.05, 0.1) is 5.39 Å². The fraction of sp³-hybridized carbons (Fsp3) is 0. The molecule has 0 unspecified atom stereocenters. The minimum atomic E-state index is -0.836. The highest BCUT2D eigenvalue weighted by molar-refractivity contribution is 5.88. The molecule has 25 heavy (non-hydrogen) atoms. The number of halogens is 2. The van der Waals surface area contributed by atoms with Crippen LogP contribution >= 0.6 is 0 Å². The summed E-state index contributed by atoms with van der Waals surface area (Å²) in [4.78, 5) is 8.17. The van der Waals surface area contributed by atoms with Gasteiger partial charge in [0.25, 0.3) is 0 Å². The average Bonchev–Trinajstić information content (AvgIpc) is 3.00. The summed E-state index contributed by atoms with van der Waals surface area (Å²) >= 11 is 0. The second-order valence-electron chi connectivity index (χ2n) is 5.16. The number of para-hydroxylation sites is 1. The van der Waals surface area contributed by atoms with E-state index in [1.54, 1.807) is 0 Å². The zero-order valence-corrected chi connectivity index (χ0v) is 12.7. The van der Waals surface area contributed by atoms with Crippen LogP contribution in [-0.2, 0) is 0 Å². The number of hydrogen-bond acceptors (Lipinski definition) is 5. The van der Waals surface area contributed by atoms with E-state index < -0.39 is 11.6 Å². The van der Waals surface area contributed by atoms with Crippen molar-refractivity contribution in [1.82, 2.24) is 20.2 Å². The molecule has 4 aromatic rings. The smallest absolute Gasteiger partial charge is 0.324 e. The van der Waals surface area contributed by atoms with Crippen LogP contribution in [0.1, 0.15) is 0 Å². The molecule has 4 rings (SSSR count). The molecule has 0 bridgehead atoms. The summed E-state index contributed by atoms with van der Waals surface area (Å²) in [5.41, 5.74) is 1.23. The lowest BCUT2D eigenvalue weighted by Crippen LogP contribution is -1.95. The van der Waals surface area contributed by atoms with Crippen molar-refractivity contribution in [2.24, 2.45) is 0 Å². The summed E-state index contributed by atoms with van der Waals surface area (Å²) in [6, 6.07) is 12.4. The molecule has 0 spiro atoms. The monoisotopic (exact) mass is 339 g/mol. The van der Waals surface area contributed by atoms with Crippen molar-refractivity contribution in [3.05, 3.63) is 66.4 Å². The number of nitrogens with one attached hydrogen (secondary N) is 2. The van der Waals surface area contributed by atoms with E-state index >= 15 is 0 Å². The molecule has 0 aliphatic rings. The first-order chi connectivity index (χ1) is 12.2. The lowest BCUT2D eigenvalue weighted by atomic mass is 10.3. The van der Waals surface area contributed by atoms with E-state index in [0.29, 0.717) is 16.9 Å². The van der Waals surface area contributed by atoms with Crippen molar-refractivity contribution in [2.45, 2.75) is 0 Å². The summed E-state index contributed by atoms with van der Waals surface area (Å²) in [5.74, 6) is -1.07. The van der Waals surface area contributed by atoms with Gasteiger partial charge in [-0.15, -0.1) is 0 Å². The molecule has 0 amide bonds. The highest BCUT2D eigenvalue weighted by Gasteiger charge is 2.12. The normalized spacial score (nSPS) is 10.8. The fourth-order valence-corrected chi connectivity index (χ4v) is 2.25. The van der Waals surface area contributed by atoms with Crippen LogP contribution in [0.5, 0.6) is 11.8 Å². The fourth-order valence-electron chi connectivity index (χ4n) is 2.25. The minimum Gasteiger partial charge on any atom is -0.421 e. The van der Waals surface area contributed by atoms with Gasteiger partial charge in [-0.25, -0.2) is 13.8 Å². The molecule has 2 heterocycles. The van der Waals surface area contributed by atoms with Crippen molar-refractivity contribution < 1.29 is 13.5 Å². The van der Waals surface area contributed by atoms with Crippen molar-refractivity contribution >= 4 is 22.5 Å². The van der Waals surface area contributed by atoms with Gasteiger partial charge < -0.3 is 10.1 Å². The van der Waals surface area contributed by atoms with Crippen molar-refractivity contribution in [3.8, 4) is 11.8 Å². The highest BCUT2D eigenvalue weighted by atomic mass is 19.1. The van der Waals surface area contributed by atoms with Crippen LogP contribution in [0.2, 0.25) is 0 Å². The number of nitrogens with zero attached hydrogens (tertiary/aromatic N) is 3. The van der Waals surface area contributed by atoms with Crippen LogP contribution in [-0.4, -0.2) is 20.2 Å². The number of anilines is 2. The quantitative estimate of drug-likeness (QED) is 0.584. The first kappa shape index (κ1) is 15.0. The van der Waals surface area contributed by atoms with Crippen LogP contribution in [0.4, 0.5) is 20.3 Å². The Morgan fingerprint density at radius 3 is 2.68 bits per heavy atom. The molecule has 0 radical (unpaired) electrons. The number of aromatic nitrogens is 4. The predicted molar refractivity (Wildman–Crippen MR) is 87.8 cm³/mol. The second kappa shape index (κ2) is 6.16. The number of hydrogen-bond donors (Lipinski definition) is 2. The molecular weight excluding hydrogens is 328 g/mol. The van der Waals surface area contributed by atoms with E-state index in [0.717, 1.165) is 17.8 Å². The highest BCUT2D eigenvalue weighted by Crippen LogP contribution is 2.26. The zero-order valence-electron chi connectivity index (χ0n) is 12.7. The molecule has 0 fully saturated rings. The van der Waals surface area contributed by atoms with Crippen molar-refractivity contribution in [2.75, 3.05) is 5.32 Å². The maximum absolute atomic E-state index is 13.6. The lowest BCUT2D eigenvalue weighted by molar-refractivity contribution is 0.409. The minimum absolute atomic E-state index is 0.0873. The number of benzene rings is 2. The average molecular weight is 339 g/mol. The molecule has 2 aromatic heterocycles. The summed E-state index contributed by atoms with van der Waals surface area (Å²) < 4.78 is 31.8. The van der Waals surface area contributed by atoms with Crippen molar-refractivity contribution in [3.63, 3.8) is 0 Å². The third-order valence-electron chi connectivity index (χ3n) is 3.43. The SMILES string of the molecule is Fc1ccc(Oc2ncc3c(Nc4ccccc4)[nH]nc3n2)c(F)c1. The van der Waals surface area contributed by atoms with Gasteiger partial charge in [-0.1, -0.05) is 18.2 Å². The Kier molecular flexibility index (Phi) is 3.70. The lowest BCUT2D eigenvalue weighted by Gasteiger charge is -2.05. The van der Waals surface area contributed by atoms with Crippen LogP contribution in [0.3, 0.4) is 0 Å². The molecule has 0 aliphatic heterocycles. The van der Waals surface area contributed by atoms with Gasteiger partial charge in [0, 0.05) is 18.0 Å². The van der Waals surface area contributed by atoms with E-state index in [1.165, 1.54) is 12.3 Å². The second-order valence-corrected chi connectivity index (χ2v) is 5.16. The van der Waals surface area contributed by atoms with Gasteiger partial charge in [-0.3, -0.25) is 5.10 Å². The van der Waals surface area contributed by atoms with Crippen LogP contribution in [0, 0.1) is 11.6 Å². The maximum atomic E-state index is 13.6. The summed E-state index contributed by atoms with van der Waals surface area (Å²) in [7, 11) is 0. The Labute approximate surface area is 140 Å². The summed E-state index contributed by atoms with van der Waals surface area (Å²) in [6.07, 6.45) is 1.51. The molecule has 6 nitrogen and oxygen atoms in total. The van der Waals surface area contributed by atoms with Gasteiger partial charge in [0.15, 0.2) is 17.2 Å². The molecule has 124 valence electrons. The van der Waals surface area contributed by atoms with Gasteiger partial charge in [0.2, 0.25) is 0 Å². The summed E-state index contributed by atoms with van der Waals surface area (Å²) in [6.45, 7) is 0. The van der Waals surface area contributed by atoms with Gasteiger partial charge >= 0.3 is 6.01 Å². The molecular formula is C17H11F2N5O. The zero-order chi connectivity index (χ0) is 17.2. The van der Waals surface area contributed by atoms with E-state index in [2.05, 4.69) is 25.5 Å². The van der Waals surface area contributed by atoms with Crippen LogP contribution in [0.15, 0.2) is 54.7 Å². The Morgan fingerprint density at radius 2 is 1.88 bits per heavy atom. The van der Waals surface area contributed by atoms with Gasteiger partial charge in [0.1, 0.15) is 11.6 Å². The standard InChI is InChI=1S/C17H11F2N5O/c18-10-6-7-14(13(19)8-10)25-17-20-9-12-15(23-24-16(12)22-17)21-11-4-2-1-3-5-11/h1-9H,(H2,20,21,22,23,24). The number of fused-ring (bicyclic) bond motifs is 1. The van der Waals surface area contributed by atoms with E-state index in [-0.39, 0.29) is 11.8 Å². The predicted octanol–water partition coefficient (Wildman–Crippen LogP) is 4.17. The molecule has 0 saturated heterocycles. The third kappa shape index (κ3) is 3.09. The van der Waals surface area contributed by atoms with E-state index in [4.69, 9.17) is 4.74 Å². The number of rotatable bonds is 4. The summed E-state index contributed by atoms with van der Waals surface area (Å²) in [5, 5.41) is 10.7. The van der Waals surface area contributed by atoms with Crippen molar-refractivity contribution in [1.29, 1.82) is 0 Å².